The molecule has 1 rings (SSSR count). The average molecular weight is 293 g/mol. The largest absolute Gasteiger partial charge is 0.479 e. The Hall–Kier alpha value is -1.62. The predicted molar refractivity (Wildman–Crippen MR) is 84.3 cm³/mol. The molecule has 0 fully saturated rings. The maximum absolute atomic E-state index is 11.8. The Kier molecular flexibility index (Phi) is 6.15. The first kappa shape index (κ1) is 17.4. The van der Waals surface area contributed by atoms with Crippen molar-refractivity contribution in [2.24, 2.45) is 0 Å². The number of nitrogens with zero attached hydrogens (tertiary/aromatic N) is 1. The summed E-state index contributed by atoms with van der Waals surface area (Å²) in [6, 6.07) is 3.76. The third-order valence-corrected chi connectivity index (χ3v) is 2.88. The number of hydrogen-bond donors (Lipinski definition) is 2. The molecule has 0 radical (unpaired) electrons. The zero-order valence-corrected chi connectivity index (χ0v) is 13.9. The van der Waals surface area contributed by atoms with Crippen molar-refractivity contribution in [3.63, 3.8) is 0 Å². The van der Waals surface area contributed by atoms with Gasteiger partial charge in [0.1, 0.15) is 5.75 Å². The Morgan fingerprint density at radius 3 is 2.62 bits per heavy atom. The monoisotopic (exact) mass is 293 g/mol. The molecular weight excluding hydrogens is 266 g/mol. The van der Waals surface area contributed by atoms with Crippen LogP contribution in [-0.4, -0.2) is 29.1 Å². The Balaban J connectivity index is 2.83. The van der Waals surface area contributed by atoms with Gasteiger partial charge in [0.2, 0.25) is 0 Å². The van der Waals surface area contributed by atoms with Crippen LogP contribution in [0.3, 0.4) is 0 Å². The lowest BCUT2D eigenvalue weighted by atomic mass is 10.1. The lowest BCUT2D eigenvalue weighted by Gasteiger charge is -2.22. The second-order valence-corrected chi connectivity index (χ2v) is 6.16. The van der Waals surface area contributed by atoms with E-state index in [1.807, 2.05) is 26.0 Å². The first-order valence-electron chi connectivity index (χ1n) is 7.39. The summed E-state index contributed by atoms with van der Waals surface area (Å²) in [7, 11) is 0. The summed E-state index contributed by atoms with van der Waals surface area (Å²) < 4.78 is 5.77. The van der Waals surface area contributed by atoms with Crippen molar-refractivity contribution in [3.8, 4) is 5.75 Å². The standard InChI is InChI=1S/C16H27N3O2/c1-7-17-15(20)12(3)21-14-9-8-11(2)19-13(14)10-18-16(4,5)6/h8-9,12,18H,7,10H2,1-6H3,(H,17,20). The van der Waals surface area contributed by atoms with Crippen molar-refractivity contribution < 1.29 is 9.53 Å². The fourth-order valence-electron chi connectivity index (χ4n) is 1.74. The van der Waals surface area contributed by atoms with Crippen LogP contribution in [0.4, 0.5) is 0 Å². The molecule has 0 aliphatic rings. The van der Waals surface area contributed by atoms with Gasteiger partial charge < -0.3 is 15.4 Å². The smallest absolute Gasteiger partial charge is 0.260 e. The van der Waals surface area contributed by atoms with Crippen molar-refractivity contribution in [2.75, 3.05) is 6.54 Å². The van der Waals surface area contributed by atoms with Crippen molar-refractivity contribution in [2.45, 2.75) is 59.7 Å². The Morgan fingerprint density at radius 1 is 1.38 bits per heavy atom. The predicted octanol–water partition coefficient (Wildman–Crippen LogP) is 2.18. The molecule has 0 spiro atoms. The number of rotatable bonds is 6. The molecule has 1 aromatic heterocycles. The number of ether oxygens (including phenoxy) is 1. The van der Waals surface area contributed by atoms with Gasteiger partial charge >= 0.3 is 0 Å². The van der Waals surface area contributed by atoms with Crippen LogP contribution in [0, 0.1) is 6.92 Å². The third kappa shape index (κ3) is 6.12. The number of pyridine rings is 1. The molecule has 0 aliphatic carbocycles. The molecule has 5 nitrogen and oxygen atoms in total. The van der Waals surface area contributed by atoms with E-state index in [-0.39, 0.29) is 11.4 Å². The van der Waals surface area contributed by atoms with Gasteiger partial charge in [-0.05, 0) is 53.7 Å². The van der Waals surface area contributed by atoms with Crippen LogP contribution in [0.1, 0.15) is 46.0 Å². The van der Waals surface area contributed by atoms with Gasteiger partial charge in [-0.3, -0.25) is 9.78 Å². The summed E-state index contributed by atoms with van der Waals surface area (Å²) in [6.07, 6.45) is -0.539. The van der Waals surface area contributed by atoms with Gasteiger partial charge in [-0.25, -0.2) is 0 Å². The number of hydrogen-bond acceptors (Lipinski definition) is 4. The van der Waals surface area contributed by atoms with Crippen LogP contribution < -0.4 is 15.4 Å². The number of amides is 1. The third-order valence-electron chi connectivity index (χ3n) is 2.88. The van der Waals surface area contributed by atoms with E-state index in [2.05, 4.69) is 36.4 Å². The van der Waals surface area contributed by atoms with Crippen molar-refractivity contribution in [1.82, 2.24) is 15.6 Å². The minimum Gasteiger partial charge on any atom is -0.479 e. The van der Waals surface area contributed by atoms with Gasteiger partial charge in [0.25, 0.3) is 5.91 Å². The van der Waals surface area contributed by atoms with Gasteiger partial charge in [0, 0.05) is 24.3 Å². The van der Waals surface area contributed by atoms with E-state index in [9.17, 15) is 4.79 Å². The highest BCUT2D eigenvalue weighted by Crippen LogP contribution is 2.19. The minimum absolute atomic E-state index is 0.00605. The minimum atomic E-state index is -0.539. The number of aromatic nitrogens is 1. The highest BCUT2D eigenvalue weighted by molar-refractivity contribution is 5.80. The van der Waals surface area contributed by atoms with E-state index in [0.717, 1.165) is 11.4 Å². The van der Waals surface area contributed by atoms with Crippen LogP contribution in [-0.2, 0) is 11.3 Å². The average Bonchev–Trinajstić information content (AvgIpc) is 2.38. The van der Waals surface area contributed by atoms with Gasteiger partial charge in [-0.15, -0.1) is 0 Å². The summed E-state index contributed by atoms with van der Waals surface area (Å²) in [6.45, 7) is 13.1. The van der Waals surface area contributed by atoms with Crippen molar-refractivity contribution >= 4 is 5.91 Å². The SMILES string of the molecule is CCNC(=O)C(C)Oc1ccc(C)nc1CNC(C)(C)C. The second kappa shape index (κ2) is 7.41. The number of likely N-dealkylation sites (N-methyl/N-ethyl adjacent to an activating group) is 1. The molecule has 1 heterocycles. The molecule has 0 aliphatic heterocycles. The lowest BCUT2D eigenvalue weighted by molar-refractivity contribution is -0.127. The fraction of sp³-hybridized carbons (Fsp3) is 0.625. The molecule has 1 unspecified atom stereocenters. The van der Waals surface area contributed by atoms with Gasteiger partial charge in [-0.1, -0.05) is 0 Å². The van der Waals surface area contributed by atoms with E-state index in [1.54, 1.807) is 6.92 Å². The fourth-order valence-corrected chi connectivity index (χ4v) is 1.74. The molecule has 21 heavy (non-hydrogen) atoms. The van der Waals surface area contributed by atoms with Crippen LogP contribution in [0.2, 0.25) is 0 Å². The highest BCUT2D eigenvalue weighted by atomic mass is 16.5. The molecule has 2 N–H and O–H groups in total. The Labute approximate surface area is 127 Å². The molecule has 0 bridgehead atoms. The molecule has 1 atom stereocenters. The maximum atomic E-state index is 11.8. The number of carbonyl (C=O) groups excluding carboxylic acids is 1. The van der Waals surface area contributed by atoms with Crippen molar-refractivity contribution in [3.05, 3.63) is 23.5 Å². The van der Waals surface area contributed by atoms with Crippen LogP contribution in [0.15, 0.2) is 12.1 Å². The Morgan fingerprint density at radius 2 is 2.05 bits per heavy atom. The molecule has 0 saturated heterocycles. The highest BCUT2D eigenvalue weighted by Gasteiger charge is 2.17. The normalized spacial score (nSPS) is 12.9. The van der Waals surface area contributed by atoms with Gasteiger partial charge in [-0.2, -0.15) is 0 Å². The van der Waals surface area contributed by atoms with E-state index >= 15 is 0 Å². The molecule has 1 aromatic rings. The number of carbonyl (C=O) groups is 1. The van der Waals surface area contributed by atoms with Crippen molar-refractivity contribution in [1.29, 1.82) is 0 Å². The maximum Gasteiger partial charge on any atom is 0.260 e. The van der Waals surface area contributed by atoms with Crippen LogP contribution in [0.25, 0.3) is 0 Å². The summed E-state index contributed by atoms with van der Waals surface area (Å²) in [5.74, 6) is 0.531. The molecule has 118 valence electrons. The second-order valence-electron chi connectivity index (χ2n) is 6.16. The summed E-state index contributed by atoms with van der Waals surface area (Å²) in [4.78, 5) is 16.3. The number of aryl methyl sites for hydroxylation is 1. The number of nitrogens with one attached hydrogen (secondary N) is 2. The first-order chi connectivity index (χ1) is 9.73. The van der Waals surface area contributed by atoms with Crippen LogP contribution in [0.5, 0.6) is 5.75 Å². The topological polar surface area (TPSA) is 63.2 Å². The molecular formula is C16H27N3O2. The van der Waals surface area contributed by atoms with E-state index in [4.69, 9.17) is 4.74 Å². The van der Waals surface area contributed by atoms with Gasteiger partial charge in [0.05, 0.1) is 5.69 Å². The van der Waals surface area contributed by atoms with Crippen LogP contribution >= 0.6 is 0 Å². The zero-order chi connectivity index (χ0) is 16.0. The first-order valence-corrected chi connectivity index (χ1v) is 7.39. The Bertz CT molecular complexity index is 481. The summed E-state index contributed by atoms with van der Waals surface area (Å²) in [5, 5.41) is 6.14. The molecule has 1 amide bonds. The molecule has 0 saturated carbocycles. The van der Waals surface area contributed by atoms with E-state index < -0.39 is 6.10 Å². The molecule has 5 heteroatoms. The summed E-state index contributed by atoms with van der Waals surface area (Å²) >= 11 is 0. The zero-order valence-electron chi connectivity index (χ0n) is 13.9. The quantitative estimate of drug-likeness (QED) is 0.844. The summed E-state index contributed by atoms with van der Waals surface area (Å²) in [5.41, 5.74) is 1.74. The van der Waals surface area contributed by atoms with Gasteiger partial charge in [0.15, 0.2) is 6.10 Å². The van der Waals surface area contributed by atoms with E-state index in [1.165, 1.54) is 0 Å². The van der Waals surface area contributed by atoms with E-state index in [0.29, 0.717) is 18.8 Å². The lowest BCUT2D eigenvalue weighted by Crippen LogP contribution is -2.37. The molecule has 0 aromatic carbocycles.